The Labute approximate surface area is 95.6 Å². The molecule has 0 amide bonds. The number of benzene rings is 1. The maximum atomic E-state index is 12.8. The first kappa shape index (κ1) is 13.0. The van der Waals surface area contributed by atoms with E-state index in [9.17, 15) is 12.8 Å². The highest BCUT2D eigenvalue weighted by molar-refractivity contribution is 7.92. The highest BCUT2D eigenvalue weighted by atomic mass is 32.2. The van der Waals surface area contributed by atoms with Crippen LogP contribution >= 0.6 is 0 Å². The molecule has 0 aromatic heterocycles. The summed E-state index contributed by atoms with van der Waals surface area (Å²) in [6.07, 6.45) is 0. The van der Waals surface area contributed by atoms with Crippen LogP contribution in [0.3, 0.4) is 0 Å². The molecule has 16 heavy (non-hydrogen) atoms. The summed E-state index contributed by atoms with van der Waals surface area (Å²) in [4.78, 5) is 0. The van der Waals surface area contributed by atoms with Gasteiger partial charge in [0, 0.05) is 12.2 Å². The zero-order valence-corrected chi connectivity index (χ0v) is 10.2. The van der Waals surface area contributed by atoms with Crippen molar-refractivity contribution in [1.29, 1.82) is 0 Å². The molecular formula is C11H16FNO2S. The van der Waals surface area contributed by atoms with Gasteiger partial charge < -0.3 is 5.32 Å². The molecule has 1 rings (SSSR count). The van der Waals surface area contributed by atoms with Gasteiger partial charge in [-0.2, -0.15) is 0 Å². The minimum atomic E-state index is -3.03. The second-order valence-electron chi connectivity index (χ2n) is 3.85. The molecule has 0 saturated heterocycles. The van der Waals surface area contributed by atoms with Crippen molar-refractivity contribution in [2.24, 2.45) is 0 Å². The van der Waals surface area contributed by atoms with Crippen LogP contribution < -0.4 is 5.32 Å². The van der Waals surface area contributed by atoms with E-state index in [1.165, 1.54) is 12.1 Å². The van der Waals surface area contributed by atoms with Gasteiger partial charge in [0.15, 0.2) is 9.84 Å². The quantitative estimate of drug-likeness (QED) is 0.863. The Morgan fingerprint density at radius 1 is 1.38 bits per heavy atom. The normalized spacial score (nSPS) is 11.8. The van der Waals surface area contributed by atoms with Gasteiger partial charge in [0.2, 0.25) is 0 Å². The van der Waals surface area contributed by atoms with E-state index < -0.39 is 9.84 Å². The Bertz CT molecular complexity index is 443. The third-order valence-electron chi connectivity index (χ3n) is 2.26. The van der Waals surface area contributed by atoms with E-state index in [4.69, 9.17) is 0 Å². The van der Waals surface area contributed by atoms with Crippen LogP contribution in [-0.2, 0) is 9.84 Å². The Balaban J connectivity index is 2.48. The Morgan fingerprint density at radius 2 is 2.06 bits per heavy atom. The maximum Gasteiger partial charge on any atom is 0.154 e. The van der Waals surface area contributed by atoms with Crippen molar-refractivity contribution in [3.05, 3.63) is 30.1 Å². The predicted molar refractivity (Wildman–Crippen MR) is 63.8 cm³/mol. The third-order valence-corrected chi connectivity index (χ3v) is 4.47. The van der Waals surface area contributed by atoms with Crippen molar-refractivity contribution in [3.63, 3.8) is 0 Å². The molecule has 0 atom stereocenters. The minimum absolute atomic E-state index is 0.0567. The van der Waals surface area contributed by atoms with Crippen molar-refractivity contribution >= 4 is 15.5 Å². The van der Waals surface area contributed by atoms with Crippen LogP contribution in [0.2, 0.25) is 0 Å². The molecule has 0 fully saturated rings. The smallest absolute Gasteiger partial charge is 0.154 e. The Hall–Kier alpha value is -1.10. The lowest BCUT2D eigenvalue weighted by molar-refractivity contribution is 0.588. The first-order chi connectivity index (χ1) is 7.42. The number of sulfone groups is 1. The molecular weight excluding hydrogens is 229 g/mol. The summed E-state index contributed by atoms with van der Waals surface area (Å²) < 4.78 is 35.7. The number of anilines is 1. The second-order valence-corrected chi connectivity index (χ2v) is 6.53. The summed E-state index contributed by atoms with van der Waals surface area (Å²) in [7, 11) is -3.03. The van der Waals surface area contributed by atoms with Gasteiger partial charge in [0.05, 0.1) is 11.0 Å². The fraction of sp³-hybridized carbons (Fsp3) is 0.455. The molecule has 0 aliphatic rings. The number of nitrogens with one attached hydrogen (secondary N) is 1. The van der Waals surface area contributed by atoms with Crippen molar-refractivity contribution in [2.45, 2.75) is 19.1 Å². The van der Waals surface area contributed by atoms with Gasteiger partial charge in [-0.25, -0.2) is 12.8 Å². The fourth-order valence-corrected chi connectivity index (χ4v) is 2.03. The van der Waals surface area contributed by atoms with Gasteiger partial charge in [-0.3, -0.25) is 0 Å². The summed E-state index contributed by atoms with van der Waals surface area (Å²) in [5, 5.41) is 2.50. The summed E-state index contributed by atoms with van der Waals surface area (Å²) >= 11 is 0. The first-order valence-electron chi connectivity index (χ1n) is 5.13. The van der Waals surface area contributed by atoms with Gasteiger partial charge in [-0.05, 0) is 32.0 Å². The molecule has 0 aliphatic heterocycles. The van der Waals surface area contributed by atoms with Crippen LogP contribution in [-0.4, -0.2) is 26.0 Å². The first-order valence-corrected chi connectivity index (χ1v) is 6.84. The second kappa shape index (κ2) is 5.30. The van der Waals surface area contributed by atoms with Crippen LogP contribution in [0.1, 0.15) is 13.8 Å². The van der Waals surface area contributed by atoms with E-state index >= 15 is 0 Å². The van der Waals surface area contributed by atoms with Crippen LogP contribution in [0.4, 0.5) is 10.1 Å². The monoisotopic (exact) mass is 245 g/mol. The summed E-state index contributed by atoms with van der Waals surface area (Å²) in [6, 6.07) is 5.96. The predicted octanol–water partition coefficient (Wildman–Crippen LogP) is 2.06. The molecule has 0 radical (unpaired) electrons. The number of halogens is 1. The number of hydrogen-bond acceptors (Lipinski definition) is 3. The largest absolute Gasteiger partial charge is 0.384 e. The molecule has 90 valence electrons. The van der Waals surface area contributed by atoms with E-state index in [2.05, 4.69) is 5.32 Å². The minimum Gasteiger partial charge on any atom is -0.384 e. The number of rotatable bonds is 5. The zero-order valence-electron chi connectivity index (χ0n) is 9.40. The van der Waals surface area contributed by atoms with E-state index in [0.717, 1.165) is 0 Å². The van der Waals surface area contributed by atoms with E-state index in [-0.39, 0.29) is 16.8 Å². The van der Waals surface area contributed by atoms with E-state index in [0.29, 0.717) is 12.2 Å². The highest BCUT2D eigenvalue weighted by Crippen LogP contribution is 2.09. The lowest BCUT2D eigenvalue weighted by atomic mass is 10.3. The summed E-state index contributed by atoms with van der Waals surface area (Å²) in [5.41, 5.74) is 0.596. The average Bonchev–Trinajstić information content (AvgIpc) is 2.17. The van der Waals surface area contributed by atoms with Crippen molar-refractivity contribution < 1.29 is 12.8 Å². The van der Waals surface area contributed by atoms with Crippen LogP contribution in [0.5, 0.6) is 0 Å². The summed E-state index contributed by atoms with van der Waals surface area (Å²) in [6.45, 7) is 3.60. The highest BCUT2D eigenvalue weighted by Gasteiger charge is 2.14. The molecule has 1 N–H and O–H groups in total. The lowest BCUT2D eigenvalue weighted by Crippen LogP contribution is -2.22. The van der Waals surface area contributed by atoms with E-state index in [1.807, 2.05) is 0 Å². The third kappa shape index (κ3) is 3.81. The van der Waals surface area contributed by atoms with Crippen molar-refractivity contribution in [1.82, 2.24) is 0 Å². The topological polar surface area (TPSA) is 46.2 Å². The lowest BCUT2D eigenvalue weighted by Gasteiger charge is -2.09. The van der Waals surface area contributed by atoms with Crippen molar-refractivity contribution in [2.75, 3.05) is 17.6 Å². The van der Waals surface area contributed by atoms with Gasteiger partial charge in [0.1, 0.15) is 5.82 Å². The van der Waals surface area contributed by atoms with Crippen LogP contribution in [0.15, 0.2) is 24.3 Å². The van der Waals surface area contributed by atoms with Gasteiger partial charge in [-0.15, -0.1) is 0 Å². The standard InChI is InChI=1S/C11H16FNO2S/c1-9(2)16(14,15)7-6-13-11-5-3-4-10(12)8-11/h3-5,8-9,13H,6-7H2,1-2H3. The SMILES string of the molecule is CC(C)S(=O)(=O)CCNc1cccc(F)c1. The molecule has 0 bridgehead atoms. The van der Waals surface area contributed by atoms with E-state index in [1.54, 1.807) is 26.0 Å². The average molecular weight is 245 g/mol. The van der Waals surface area contributed by atoms with Gasteiger partial charge in [0.25, 0.3) is 0 Å². The van der Waals surface area contributed by atoms with Gasteiger partial charge in [-0.1, -0.05) is 6.07 Å². The number of hydrogen-bond donors (Lipinski definition) is 1. The Morgan fingerprint density at radius 3 is 2.62 bits per heavy atom. The summed E-state index contributed by atoms with van der Waals surface area (Å²) in [5.74, 6) is -0.280. The van der Waals surface area contributed by atoms with Crippen molar-refractivity contribution in [3.8, 4) is 0 Å². The zero-order chi connectivity index (χ0) is 12.2. The molecule has 0 saturated carbocycles. The molecule has 3 nitrogen and oxygen atoms in total. The fourth-order valence-electron chi connectivity index (χ4n) is 1.17. The molecule has 0 spiro atoms. The Kier molecular flexibility index (Phi) is 4.29. The van der Waals surface area contributed by atoms with Gasteiger partial charge >= 0.3 is 0 Å². The maximum absolute atomic E-state index is 12.8. The molecule has 0 aliphatic carbocycles. The van der Waals surface area contributed by atoms with Crippen LogP contribution in [0, 0.1) is 5.82 Å². The van der Waals surface area contributed by atoms with Crippen LogP contribution in [0.25, 0.3) is 0 Å². The molecule has 1 aromatic carbocycles. The molecule has 5 heteroatoms. The molecule has 0 unspecified atom stereocenters. The molecule has 0 heterocycles. The molecule has 1 aromatic rings.